The molecule has 0 saturated carbocycles. The maximum atomic E-state index is 13.0. The van der Waals surface area contributed by atoms with Crippen molar-refractivity contribution in [3.63, 3.8) is 0 Å². The quantitative estimate of drug-likeness (QED) is 0.496. The summed E-state index contributed by atoms with van der Waals surface area (Å²) in [5.74, 6) is 0.907. The molecular formula is C21H23N3O3. The Bertz CT molecular complexity index is 822. The maximum Gasteiger partial charge on any atom is 0.318 e. The first kappa shape index (κ1) is 17.4. The number of benzene rings is 2. The van der Waals surface area contributed by atoms with Crippen LogP contribution in [-0.2, 0) is 9.53 Å². The maximum absolute atomic E-state index is 13.0. The summed E-state index contributed by atoms with van der Waals surface area (Å²) in [5.41, 5.74) is 7.25. The van der Waals surface area contributed by atoms with E-state index >= 15 is 0 Å². The lowest BCUT2D eigenvalue weighted by Gasteiger charge is -2.33. The van der Waals surface area contributed by atoms with Gasteiger partial charge in [-0.25, -0.2) is 0 Å². The van der Waals surface area contributed by atoms with Gasteiger partial charge in [0.1, 0.15) is 17.4 Å². The van der Waals surface area contributed by atoms with Gasteiger partial charge >= 0.3 is 5.97 Å². The van der Waals surface area contributed by atoms with Gasteiger partial charge in [0.2, 0.25) is 0 Å². The molecule has 2 aromatic carbocycles. The van der Waals surface area contributed by atoms with E-state index in [1.54, 1.807) is 0 Å². The highest BCUT2D eigenvalue weighted by atomic mass is 16.5. The minimum absolute atomic E-state index is 0.0818. The smallest absolute Gasteiger partial charge is 0.318 e. The second-order valence-corrected chi connectivity index (χ2v) is 7.08. The van der Waals surface area contributed by atoms with E-state index in [0.717, 1.165) is 30.5 Å². The van der Waals surface area contributed by atoms with Crippen molar-refractivity contribution in [2.45, 2.75) is 18.8 Å². The highest BCUT2D eigenvalue weighted by Gasteiger charge is 2.34. The monoisotopic (exact) mass is 365 g/mol. The summed E-state index contributed by atoms with van der Waals surface area (Å²) in [6.45, 7) is 1.79. The van der Waals surface area contributed by atoms with E-state index in [4.69, 9.17) is 20.6 Å². The van der Waals surface area contributed by atoms with Gasteiger partial charge in [-0.05, 0) is 25.0 Å². The van der Waals surface area contributed by atoms with Crippen LogP contribution in [0.4, 0.5) is 0 Å². The SMILES string of the molecule is N=C(N)N1CCC[C@H](COC(=O)C2c3ccccc3Oc3ccccc32)C1. The Morgan fingerprint density at radius 1 is 1.15 bits per heavy atom. The van der Waals surface area contributed by atoms with Gasteiger partial charge in [0.05, 0.1) is 6.61 Å². The van der Waals surface area contributed by atoms with Crippen LogP contribution in [-0.4, -0.2) is 36.5 Å². The molecule has 0 aromatic heterocycles. The molecule has 6 nitrogen and oxygen atoms in total. The number of likely N-dealkylation sites (tertiary alicyclic amines) is 1. The average molecular weight is 365 g/mol. The van der Waals surface area contributed by atoms with Crippen LogP contribution >= 0.6 is 0 Å². The number of ether oxygens (including phenoxy) is 2. The lowest BCUT2D eigenvalue weighted by Crippen LogP contribution is -2.44. The number of nitrogens with two attached hydrogens (primary N) is 1. The Hall–Kier alpha value is -3.02. The number of para-hydroxylation sites is 2. The molecule has 4 rings (SSSR count). The van der Waals surface area contributed by atoms with Crippen molar-refractivity contribution in [3.8, 4) is 11.5 Å². The Kier molecular flexibility index (Phi) is 4.71. The van der Waals surface area contributed by atoms with Crippen molar-refractivity contribution in [1.29, 1.82) is 5.41 Å². The summed E-state index contributed by atoms with van der Waals surface area (Å²) in [6.07, 6.45) is 1.92. The molecule has 27 heavy (non-hydrogen) atoms. The van der Waals surface area contributed by atoms with Gasteiger partial charge in [-0.2, -0.15) is 0 Å². The van der Waals surface area contributed by atoms with Crippen LogP contribution in [0.1, 0.15) is 29.9 Å². The van der Waals surface area contributed by atoms with Crippen molar-refractivity contribution in [3.05, 3.63) is 59.7 Å². The lowest BCUT2D eigenvalue weighted by molar-refractivity contribution is -0.146. The van der Waals surface area contributed by atoms with Gasteiger partial charge in [0.15, 0.2) is 5.96 Å². The van der Waals surface area contributed by atoms with Crippen LogP contribution in [0.25, 0.3) is 0 Å². The molecule has 0 radical (unpaired) electrons. The summed E-state index contributed by atoms with van der Waals surface area (Å²) >= 11 is 0. The largest absolute Gasteiger partial charge is 0.465 e. The van der Waals surface area contributed by atoms with Crippen LogP contribution in [0.5, 0.6) is 11.5 Å². The number of carbonyl (C=O) groups excluding carboxylic acids is 1. The highest BCUT2D eigenvalue weighted by Crippen LogP contribution is 2.44. The van der Waals surface area contributed by atoms with E-state index in [2.05, 4.69) is 0 Å². The van der Waals surface area contributed by atoms with Gasteiger partial charge in [-0.15, -0.1) is 0 Å². The number of carbonyl (C=O) groups is 1. The van der Waals surface area contributed by atoms with Gasteiger partial charge in [0, 0.05) is 30.1 Å². The number of piperidine rings is 1. The third kappa shape index (κ3) is 3.47. The highest BCUT2D eigenvalue weighted by molar-refractivity contribution is 5.85. The molecule has 2 heterocycles. The van der Waals surface area contributed by atoms with Crippen LogP contribution in [0, 0.1) is 11.3 Å². The molecule has 0 bridgehead atoms. The molecule has 0 amide bonds. The molecule has 0 aliphatic carbocycles. The van der Waals surface area contributed by atoms with Crippen molar-refractivity contribution >= 4 is 11.9 Å². The van der Waals surface area contributed by atoms with Crippen molar-refractivity contribution in [2.24, 2.45) is 11.7 Å². The van der Waals surface area contributed by atoms with Crippen molar-refractivity contribution < 1.29 is 14.3 Å². The Morgan fingerprint density at radius 3 is 2.41 bits per heavy atom. The van der Waals surface area contributed by atoms with Crippen LogP contribution in [0.15, 0.2) is 48.5 Å². The Balaban J connectivity index is 1.51. The molecule has 2 aliphatic heterocycles. The molecule has 3 N–H and O–H groups in total. The predicted molar refractivity (Wildman–Crippen MR) is 102 cm³/mol. The summed E-state index contributed by atoms with van der Waals surface area (Å²) in [6, 6.07) is 15.2. The molecular weight excluding hydrogens is 342 g/mol. The molecule has 2 aliphatic rings. The molecule has 0 unspecified atom stereocenters. The molecule has 1 atom stereocenters. The fraction of sp³-hybridized carbons (Fsp3) is 0.333. The molecule has 1 saturated heterocycles. The number of nitrogens with zero attached hydrogens (tertiary/aromatic N) is 1. The van der Waals surface area contributed by atoms with Crippen molar-refractivity contribution in [1.82, 2.24) is 4.90 Å². The number of hydrogen-bond donors (Lipinski definition) is 2. The fourth-order valence-corrected chi connectivity index (χ4v) is 3.87. The van der Waals surface area contributed by atoms with E-state index in [1.165, 1.54) is 0 Å². The lowest BCUT2D eigenvalue weighted by atomic mass is 9.88. The average Bonchev–Trinajstić information content (AvgIpc) is 2.70. The number of fused-ring (bicyclic) bond motifs is 2. The predicted octanol–water partition coefficient (Wildman–Crippen LogP) is 3.07. The fourth-order valence-electron chi connectivity index (χ4n) is 3.87. The number of nitrogens with one attached hydrogen (secondary N) is 1. The zero-order chi connectivity index (χ0) is 18.8. The van der Waals surface area contributed by atoms with Gasteiger partial charge in [-0.3, -0.25) is 10.2 Å². The molecule has 0 spiro atoms. The molecule has 2 aromatic rings. The molecule has 6 heteroatoms. The van der Waals surface area contributed by atoms with Gasteiger partial charge < -0.3 is 20.1 Å². The standard InChI is InChI=1S/C21H23N3O3/c22-21(23)24-11-5-6-14(12-24)13-26-20(25)19-15-7-1-3-9-17(15)27-18-10-4-2-8-16(18)19/h1-4,7-10,14,19H,5-6,11-13H2,(H3,22,23)/t14-/m0/s1. The van der Waals surface area contributed by atoms with Crippen LogP contribution in [0.3, 0.4) is 0 Å². The van der Waals surface area contributed by atoms with E-state index in [1.807, 2.05) is 53.4 Å². The van der Waals surface area contributed by atoms with Crippen molar-refractivity contribution in [2.75, 3.05) is 19.7 Å². The second-order valence-electron chi connectivity index (χ2n) is 7.08. The third-order valence-electron chi connectivity index (χ3n) is 5.24. The number of hydrogen-bond acceptors (Lipinski definition) is 4. The topological polar surface area (TPSA) is 88.6 Å². The second kappa shape index (κ2) is 7.31. The first-order chi connectivity index (χ1) is 13.1. The van der Waals surface area contributed by atoms with Gasteiger partial charge in [0.25, 0.3) is 0 Å². The van der Waals surface area contributed by atoms with E-state index in [9.17, 15) is 4.79 Å². The third-order valence-corrected chi connectivity index (χ3v) is 5.24. The first-order valence-corrected chi connectivity index (χ1v) is 9.25. The van der Waals surface area contributed by atoms with E-state index in [0.29, 0.717) is 24.7 Å². The first-order valence-electron chi connectivity index (χ1n) is 9.25. The summed E-state index contributed by atoms with van der Waals surface area (Å²) in [7, 11) is 0. The number of esters is 1. The number of guanidine groups is 1. The Morgan fingerprint density at radius 2 is 1.78 bits per heavy atom. The normalized spacial score (nSPS) is 18.8. The summed E-state index contributed by atoms with van der Waals surface area (Å²) < 4.78 is 11.7. The summed E-state index contributed by atoms with van der Waals surface area (Å²) in [4.78, 5) is 14.9. The molecule has 140 valence electrons. The Labute approximate surface area is 158 Å². The summed E-state index contributed by atoms with van der Waals surface area (Å²) in [5, 5.41) is 7.60. The zero-order valence-electron chi connectivity index (χ0n) is 15.1. The van der Waals surface area contributed by atoms with Crippen LogP contribution in [0.2, 0.25) is 0 Å². The molecule has 1 fully saturated rings. The minimum Gasteiger partial charge on any atom is -0.465 e. The zero-order valence-corrected chi connectivity index (χ0v) is 15.1. The number of rotatable bonds is 3. The van der Waals surface area contributed by atoms with E-state index in [-0.39, 0.29) is 17.8 Å². The van der Waals surface area contributed by atoms with Gasteiger partial charge in [-0.1, -0.05) is 36.4 Å². The van der Waals surface area contributed by atoms with Crippen LogP contribution < -0.4 is 10.5 Å². The van der Waals surface area contributed by atoms with E-state index < -0.39 is 5.92 Å². The minimum atomic E-state index is -0.487.